The van der Waals surface area contributed by atoms with Crippen molar-refractivity contribution in [3.8, 4) is 16.3 Å². The maximum Gasteiger partial charge on any atom is 0.209 e. The first kappa shape index (κ1) is 14.8. The van der Waals surface area contributed by atoms with E-state index in [1.54, 1.807) is 0 Å². The van der Waals surface area contributed by atoms with Crippen molar-refractivity contribution in [1.29, 1.82) is 0 Å². The van der Waals surface area contributed by atoms with Crippen molar-refractivity contribution >= 4 is 49.3 Å². The Labute approximate surface area is 156 Å². The maximum atomic E-state index is 4.44. The number of benzene rings is 3. The summed E-state index contributed by atoms with van der Waals surface area (Å²) in [5.74, 6) is 0. The first-order valence-electron chi connectivity index (χ1n) is 7.89. The fourth-order valence-corrected chi connectivity index (χ4v) is 4.38. The molecule has 0 saturated heterocycles. The average molecular weight is 406 g/mol. The summed E-state index contributed by atoms with van der Waals surface area (Å²) in [6, 6.07) is 25.5. The molecule has 0 bridgehead atoms. The quantitative estimate of drug-likeness (QED) is 0.357. The summed E-state index contributed by atoms with van der Waals surface area (Å²) in [7, 11) is 0. The minimum atomic E-state index is 0.634. The molecule has 0 aliphatic rings. The van der Waals surface area contributed by atoms with E-state index in [9.17, 15) is 0 Å². The van der Waals surface area contributed by atoms with E-state index in [0.29, 0.717) is 4.73 Å². The van der Waals surface area contributed by atoms with E-state index in [1.165, 1.54) is 33.3 Å². The molecule has 3 aromatic carbocycles. The Balaban J connectivity index is 1.81. The van der Waals surface area contributed by atoms with Gasteiger partial charge >= 0.3 is 0 Å². The normalized spacial score (nSPS) is 11.4. The molecule has 0 aliphatic heterocycles. The number of hydrogen-bond acceptors (Lipinski definition) is 3. The van der Waals surface area contributed by atoms with Crippen LogP contribution in [0.1, 0.15) is 0 Å². The molecule has 0 amide bonds. The molecule has 5 aromatic rings. The molecule has 2 heterocycles. The molecule has 0 N–H and O–H groups in total. The highest BCUT2D eigenvalue weighted by Crippen LogP contribution is 2.33. The van der Waals surface area contributed by atoms with E-state index in [0.717, 1.165) is 16.3 Å². The number of rotatable bonds is 2. The standard InChI is InChI=1S/C20H12BrN3S/c21-20-22-19(25-23-20)13-6-5-7-14(12-13)24-17-10-3-1-8-15(17)16-9-2-4-11-18(16)24/h1-12H. The smallest absolute Gasteiger partial charge is 0.209 e. The second-order valence-electron chi connectivity index (χ2n) is 5.79. The minimum Gasteiger partial charge on any atom is -0.309 e. The van der Waals surface area contributed by atoms with Gasteiger partial charge in [-0.3, -0.25) is 0 Å². The van der Waals surface area contributed by atoms with Gasteiger partial charge in [0.25, 0.3) is 0 Å². The van der Waals surface area contributed by atoms with Gasteiger partial charge in [0.1, 0.15) is 5.01 Å². The third-order valence-corrected chi connectivity index (χ3v) is 5.69. The molecule has 0 radical (unpaired) electrons. The Kier molecular flexibility index (Phi) is 3.43. The van der Waals surface area contributed by atoms with E-state index in [1.807, 2.05) is 0 Å². The van der Waals surface area contributed by atoms with Crippen molar-refractivity contribution in [1.82, 2.24) is 13.9 Å². The summed E-state index contributed by atoms with van der Waals surface area (Å²) < 4.78 is 7.17. The largest absolute Gasteiger partial charge is 0.309 e. The minimum absolute atomic E-state index is 0.634. The number of aromatic nitrogens is 3. The van der Waals surface area contributed by atoms with Crippen LogP contribution in [0.4, 0.5) is 0 Å². The number of fused-ring (bicyclic) bond motifs is 3. The van der Waals surface area contributed by atoms with Crippen molar-refractivity contribution in [2.45, 2.75) is 0 Å². The van der Waals surface area contributed by atoms with Gasteiger partial charge in [0.15, 0.2) is 0 Å². The predicted octanol–water partition coefficient (Wildman–Crippen LogP) is 6.06. The molecule has 0 aliphatic carbocycles. The van der Waals surface area contributed by atoms with Gasteiger partial charge in [0, 0.05) is 22.0 Å². The summed E-state index contributed by atoms with van der Waals surface area (Å²) in [6.45, 7) is 0. The second kappa shape index (κ2) is 5.79. The van der Waals surface area contributed by atoms with E-state index in [-0.39, 0.29) is 0 Å². The molecule has 120 valence electrons. The van der Waals surface area contributed by atoms with Crippen molar-refractivity contribution in [2.24, 2.45) is 0 Å². The molecule has 5 heteroatoms. The van der Waals surface area contributed by atoms with E-state index in [4.69, 9.17) is 0 Å². The van der Waals surface area contributed by atoms with E-state index >= 15 is 0 Å². The number of para-hydroxylation sites is 2. The summed E-state index contributed by atoms with van der Waals surface area (Å²) >= 11 is 4.73. The molecule has 0 atom stereocenters. The van der Waals surface area contributed by atoms with Crippen LogP contribution in [0, 0.1) is 0 Å². The molecular weight excluding hydrogens is 394 g/mol. The van der Waals surface area contributed by atoms with Crippen LogP contribution < -0.4 is 0 Å². The molecule has 5 rings (SSSR count). The Morgan fingerprint density at radius 3 is 2.12 bits per heavy atom. The lowest BCUT2D eigenvalue weighted by molar-refractivity contribution is 1.18. The van der Waals surface area contributed by atoms with Gasteiger partial charge in [-0.1, -0.05) is 48.5 Å². The van der Waals surface area contributed by atoms with E-state index < -0.39 is 0 Å². The summed E-state index contributed by atoms with van der Waals surface area (Å²) in [5, 5.41) is 3.44. The molecule has 2 aromatic heterocycles. The molecule has 0 saturated carbocycles. The number of halogens is 1. The highest BCUT2D eigenvalue weighted by atomic mass is 79.9. The third kappa shape index (κ3) is 2.39. The highest BCUT2D eigenvalue weighted by molar-refractivity contribution is 9.10. The van der Waals surface area contributed by atoms with Gasteiger partial charge in [0.05, 0.1) is 11.0 Å². The van der Waals surface area contributed by atoms with Crippen LogP contribution in [-0.4, -0.2) is 13.9 Å². The summed E-state index contributed by atoms with van der Waals surface area (Å²) in [6.07, 6.45) is 0. The lowest BCUT2D eigenvalue weighted by Gasteiger charge is -2.09. The molecule has 0 unspecified atom stereocenters. The van der Waals surface area contributed by atoms with Crippen LogP contribution >= 0.6 is 27.5 Å². The SMILES string of the molecule is Brc1nsc(-c2cccc(-n3c4ccccc4c4ccccc43)c2)n1. The van der Waals surface area contributed by atoms with Crippen molar-refractivity contribution in [3.63, 3.8) is 0 Å². The van der Waals surface area contributed by atoms with Crippen molar-refractivity contribution < 1.29 is 0 Å². The first-order valence-corrected chi connectivity index (χ1v) is 9.46. The molecule has 25 heavy (non-hydrogen) atoms. The van der Waals surface area contributed by atoms with Crippen molar-refractivity contribution in [2.75, 3.05) is 0 Å². The first-order chi connectivity index (χ1) is 12.3. The Bertz CT molecular complexity index is 1170. The zero-order chi connectivity index (χ0) is 16.8. The van der Waals surface area contributed by atoms with Crippen LogP contribution in [-0.2, 0) is 0 Å². The fourth-order valence-electron chi connectivity index (χ4n) is 3.30. The van der Waals surface area contributed by atoms with Gasteiger partial charge in [-0.25, -0.2) is 4.98 Å². The zero-order valence-electron chi connectivity index (χ0n) is 13.1. The van der Waals surface area contributed by atoms with Crippen LogP contribution in [0.3, 0.4) is 0 Å². The number of nitrogens with zero attached hydrogens (tertiary/aromatic N) is 3. The lowest BCUT2D eigenvalue weighted by atomic mass is 10.2. The lowest BCUT2D eigenvalue weighted by Crippen LogP contribution is -1.93. The van der Waals surface area contributed by atoms with Gasteiger partial charge in [-0.2, -0.15) is 4.37 Å². The van der Waals surface area contributed by atoms with Crippen LogP contribution in [0.2, 0.25) is 0 Å². The highest BCUT2D eigenvalue weighted by Gasteiger charge is 2.12. The van der Waals surface area contributed by atoms with Crippen molar-refractivity contribution in [3.05, 3.63) is 77.5 Å². The third-order valence-electron chi connectivity index (χ3n) is 4.33. The zero-order valence-corrected chi connectivity index (χ0v) is 15.5. The average Bonchev–Trinajstić information content (AvgIpc) is 3.23. The maximum absolute atomic E-state index is 4.44. The topological polar surface area (TPSA) is 30.7 Å². The monoisotopic (exact) mass is 405 g/mol. The van der Waals surface area contributed by atoms with Gasteiger partial charge < -0.3 is 4.57 Å². The Morgan fingerprint density at radius 1 is 0.800 bits per heavy atom. The van der Waals surface area contributed by atoms with Crippen LogP contribution in [0.15, 0.2) is 77.5 Å². The molecule has 0 spiro atoms. The Morgan fingerprint density at radius 2 is 1.48 bits per heavy atom. The van der Waals surface area contributed by atoms with Gasteiger partial charge in [-0.05, 0) is 51.7 Å². The second-order valence-corrected chi connectivity index (χ2v) is 7.25. The molecule has 0 fully saturated rings. The summed E-state index contributed by atoms with van der Waals surface area (Å²) in [4.78, 5) is 4.44. The Hall–Kier alpha value is -2.50. The van der Waals surface area contributed by atoms with Gasteiger partial charge in [-0.15, -0.1) is 0 Å². The molecular formula is C20H12BrN3S. The fraction of sp³-hybridized carbons (Fsp3) is 0. The van der Waals surface area contributed by atoms with E-state index in [2.05, 4.69) is 103 Å². The van der Waals surface area contributed by atoms with Crippen LogP contribution in [0.5, 0.6) is 0 Å². The molecule has 3 nitrogen and oxygen atoms in total. The number of hydrogen-bond donors (Lipinski definition) is 0. The van der Waals surface area contributed by atoms with Crippen LogP contribution in [0.25, 0.3) is 38.1 Å². The summed E-state index contributed by atoms with van der Waals surface area (Å²) in [5.41, 5.74) is 4.61. The van der Waals surface area contributed by atoms with Gasteiger partial charge in [0.2, 0.25) is 4.73 Å². The predicted molar refractivity (Wildman–Crippen MR) is 107 cm³/mol.